The Balaban J connectivity index is 2.67. The van der Waals surface area contributed by atoms with Gasteiger partial charge in [0.25, 0.3) is 0 Å². The summed E-state index contributed by atoms with van der Waals surface area (Å²) in [6, 6.07) is 5.29. The first-order chi connectivity index (χ1) is 7.69. The van der Waals surface area contributed by atoms with Crippen molar-refractivity contribution in [3.63, 3.8) is 0 Å². The molecule has 1 atom stereocenters. The Bertz CT molecular complexity index is 412. The first-order valence-electron chi connectivity index (χ1n) is 5.00. The van der Waals surface area contributed by atoms with Crippen LogP contribution in [0.25, 0.3) is 0 Å². The molecule has 0 radical (unpaired) electrons. The van der Waals surface area contributed by atoms with Crippen LogP contribution in [-0.2, 0) is 4.79 Å². The zero-order valence-electron chi connectivity index (χ0n) is 8.97. The molecule has 16 heavy (non-hydrogen) atoms. The SMILES string of the molecule is CCC(CNc1ncccc1C#N)C(=O)O. The summed E-state index contributed by atoms with van der Waals surface area (Å²) < 4.78 is 0. The van der Waals surface area contributed by atoms with Gasteiger partial charge in [-0.1, -0.05) is 6.92 Å². The lowest BCUT2D eigenvalue weighted by molar-refractivity contribution is -0.141. The van der Waals surface area contributed by atoms with Gasteiger partial charge >= 0.3 is 5.97 Å². The minimum Gasteiger partial charge on any atom is -0.481 e. The molecule has 1 rings (SSSR count). The van der Waals surface area contributed by atoms with E-state index >= 15 is 0 Å². The van der Waals surface area contributed by atoms with Gasteiger partial charge in [0, 0.05) is 12.7 Å². The highest BCUT2D eigenvalue weighted by Crippen LogP contribution is 2.11. The molecule has 5 nitrogen and oxygen atoms in total. The summed E-state index contributed by atoms with van der Waals surface area (Å²) in [6.07, 6.45) is 2.10. The lowest BCUT2D eigenvalue weighted by Crippen LogP contribution is -2.22. The number of hydrogen-bond donors (Lipinski definition) is 2. The van der Waals surface area contributed by atoms with E-state index in [9.17, 15) is 4.79 Å². The first kappa shape index (κ1) is 12.0. The number of nitrogens with one attached hydrogen (secondary N) is 1. The fourth-order valence-electron chi connectivity index (χ4n) is 1.26. The second-order valence-corrected chi connectivity index (χ2v) is 3.34. The van der Waals surface area contributed by atoms with E-state index in [1.165, 1.54) is 0 Å². The van der Waals surface area contributed by atoms with Crippen molar-refractivity contribution in [2.24, 2.45) is 5.92 Å². The topological polar surface area (TPSA) is 86.0 Å². The Morgan fingerprint density at radius 3 is 3.06 bits per heavy atom. The maximum absolute atomic E-state index is 10.8. The minimum atomic E-state index is -0.843. The van der Waals surface area contributed by atoms with Crippen LogP contribution in [0.4, 0.5) is 5.82 Å². The molecule has 0 saturated heterocycles. The summed E-state index contributed by atoms with van der Waals surface area (Å²) in [7, 11) is 0. The normalized spacial score (nSPS) is 11.5. The molecule has 1 aromatic heterocycles. The van der Waals surface area contributed by atoms with E-state index in [0.29, 0.717) is 17.8 Å². The molecule has 84 valence electrons. The van der Waals surface area contributed by atoms with Gasteiger partial charge in [-0.15, -0.1) is 0 Å². The van der Waals surface area contributed by atoms with Crippen molar-refractivity contribution >= 4 is 11.8 Å². The number of anilines is 1. The first-order valence-corrected chi connectivity index (χ1v) is 5.00. The molecule has 0 bridgehead atoms. The van der Waals surface area contributed by atoms with Gasteiger partial charge in [0.05, 0.1) is 11.5 Å². The molecule has 0 spiro atoms. The zero-order valence-corrected chi connectivity index (χ0v) is 8.97. The second kappa shape index (κ2) is 5.71. The van der Waals surface area contributed by atoms with Crippen molar-refractivity contribution in [1.82, 2.24) is 4.98 Å². The van der Waals surface area contributed by atoms with E-state index in [1.54, 1.807) is 18.3 Å². The van der Waals surface area contributed by atoms with Crippen LogP contribution in [0.1, 0.15) is 18.9 Å². The number of aromatic nitrogens is 1. The summed E-state index contributed by atoms with van der Waals surface area (Å²) >= 11 is 0. The largest absolute Gasteiger partial charge is 0.481 e. The smallest absolute Gasteiger partial charge is 0.308 e. The van der Waals surface area contributed by atoms with Gasteiger partial charge in [-0.2, -0.15) is 5.26 Å². The van der Waals surface area contributed by atoms with Crippen molar-refractivity contribution in [3.8, 4) is 6.07 Å². The van der Waals surface area contributed by atoms with Gasteiger partial charge in [-0.25, -0.2) is 4.98 Å². The Labute approximate surface area is 93.7 Å². The quantitative estimate of drug-likeness (QED) is 0.783. The molecule has 5 heteroatoms. The summed E-state index contributed by atoms with van der Waals surface area (Å²) in [6.45, 7) is 2.08. The average Bonchev–Trinajstić information content (AvgIpc) is 2.30. The molecule has 0 aliphatic rings. The zero-order chi connectivity index (χ0) is 12.0. The number of nitriles is 1. The van der Waals surface area contributed by atoms with Crippen LogP contribution in [0, 0.1) is 17.2 Å². The fourth-order valence-corrected chi connectivity index (χ4v) is 1.26. The molecule has 1 aromatic rings. The molecule has 0 aliphatic carbocycles. The summed E-state index contributed by atoms with van der Waals surface area (Å²) in [5.41, 5.74) is 0.419. The molecule has 0 saturated carbocycles. The Morgan fingerprint density at radius 1 is 1.75 bits per heavy atom. The molecule has 0 fully saturated rings. The van der Waals surface area contributed by atoms with Crippen LogP contribution in [0.3, 0.4) is 0 Å². The van der Waals surface area contributed by atoms with E-state index in [1.807, 2.05) is 13.0 Å². The molecule has 0 aromatic carbocycles. The van der Waals surface area contributed by atoms with Gasteiger partial charge in [-0.3, -0.25) is 4.79 Å². The van der Waals surface area contributed by atoms with Gasteiger partial charge < -0.3 is 10.4 Å². The van der Waals surface area contributed by atoms with Crippen LogP contribution < -0.4 is 5.32 Å². The maximum atomic E-state index is 10.8. The second-order valence-electron chi connectivity index (χ2n) is 3.34. The van der Waals surface area contributed by atoms with E-state index in [4.69, 9.17) is 10.4 Å². The number of rotatable bonds is 5. The van der Waals surface area contributed by atoms with E-state index < -0.39 is 11.9 Å². The van der Waals surface area contributed by atoms with E-state index in [-0.39, 0.29) is 6.54 Å². The average molecular weight is 219 g/mol. The number of carboxylic acids is 1. The lowest BCUT2D eigenvalue weighted by Gasteiger charge is -2.11. The third kappa shape index (κ3) is 2.95. The predicted octanol–water partition coefficient (Wildman–Crippen LogP) is 1.48. The van der Waals surface area contributed by atoms with Crippen LogP contribution in [0.5, 0.6) is 0 Å². The highest BCUT2D eigenvalue weighted by Gasteiger charge is 2.15. The standard InChI is InChI=1S/C11H13N3O2/c1-2-8(11(15)16)7-14-10-9(6-12)4-3-5-13-10/h3-5,8H,2,7H2,1H3,(H,13,14)(H,15,16). The number of pyridine rings is 1. The predicted molar refractivity (Wildman–Crippen MR) is 58.9 cm³/mol. The summed E-state index contributed by atoms with van der Waals surface area (Å²) in [5.74, 6) is -0.873. The number of aliphatic carboxylic acids is 1. The fraction of sp³-hybridized carbons (Fsp3) is 0.364. The molecular weight excluding hydrogens is 206 g/mol. The van der Waals surface area contributed by atoms with Crippen LogP contribution >= 0.6 is 0 Å². The van der Waals surface area contributed by atoms with Gasteiger partial charge in [-0.05, 0) is 18.6 Å². The molecular formula is C11H13N3O2. The third-order valence-electron chi connectivity index (χ3n) is 2.29. The van der Waals surface area contributed by atoms with E-state index in [2.05, 4.69) is 10.3 Å². The van der Waals surface area contributed by atoms with Crippen molar-refractivity contribution < 1.29 is 9.90 Å². The Hall–Kier alpha value is -2.09. The highest BCUT2D eigenvalue weighted by atomic mass is 16.4. The van der Waals surface area contributed by atoms with Gasteiger partial charge in [0.2, 0.25) is 0 Å². The minimum absolute atomic E-state index is 0.275. The number of nitrogens with zero attached hydrogens (tertiary/aromatic N) is 2. The number of carbonyl (C=O) groups is 1. The maximum Gasteiger partial charge on any atom is 0.308 e. The van der Waals surface area contributed by atoms with Crippen LogP contribution in [0.15, 0.2) is 18.3 Å². The van der Waals surface area contributed by atoms with Crippen molar-refractivity contribution in [2.45, 2.75) is 13.3 Å². The third-order valence-corrected chi connectivity index (χ3v) is 2.29. The highest BCUT2D eigenvalue weighted by molar-refractivity contribution is 5.70. The molecule has 0 amide bonds. The van der Waals surface area contributed by atoms with Crippen LogP contribution in [-0.4, -0.2) is 22.6 Å². The molecule has 1 unspecified atom stereocenters. The Morgan fingerprint density at radius 2 is 2.50 bits per heavy atom. The molecule has 2 N–H and O–H groups in total. The summed E-state index contributed by atoms with van der Waals surface area (Å²) in [5, 5.41) is 20.5. The lowest BCUT2D eigenvalue weighted by atomic mass is 10.1. The van der Waals surface area contributed by atoms with Crippen molar-refractivity contribution in [3.05, 3.63) is 23.9 Å². The molecule has 0 aliphatic heterocycles. The van der Waals surface area contributed by atoms with Crippen molar-refractivity contribution in [2.75, 3.05) is 11.9 Å². The Kier molecular flexibility index (Phi) is 4.28. The monoisotopic (exact) mass is 219 g/mol. The van der Waals surface area contributed by atoms with Crippen molar-refractivity contribution in [1.29, 1.82) is 5.26 Å². The molecule has 1 heterocycles. The summed E-state index contributed by atoms with van der Waals surface area (Å²) in [4.78, 5) is 14.8. The van der Waals surface area contributed by atoms with Gasteiger partial charge in [0.1, 0.15) is 11.9 Å². The van der Waals surface area contributed by atoms with Crippen LogP contribution in [0.2, 0.25) is 0 Å². The van der Waals surface area contributed by atoms with Gasteiger partial charge in [0.15, 0.2) is 0 Å². The van der Waals surface area contributed by atoms with E-state index in [0.717, 1.165) is 0 Å². The number of hydrogen-bond acceptors (Lipinski definition) is 4. The number of carboxylic acid groups (broad SMARTS) is 1.